The van der Waals surface area contributed by atoms with Crippen molar-refractivity contribution in [2.75, 3.05) is 29.9 Å². The Labute approximate surface area is 143 Å². The monoisotopic (exact) mass is 324 g/mol. The summed E-state index contributed by atoms with van der Waals surface area (Å²) in [5.74, 6) is 3.76. The highest BCUT2D eigenvalue weighted by atomic mass is 16.5. The number of nitrogens with zero attached hydrogens (tertiary/aromatic N) is 3. The molecule has 1 aromatic carbocycles. The summed E-state index contributed by atoms with van der Waals surface area (Å²) in [6.45, 7) is 2.97. The standard InChI is InChI=1S/C19H24N4O/c1-2-4-16(5-3-1)24-17-8-10-23(11-9-17)19-12-18(21-14-22-19)20-13-15-6-7-15/h1-5,12,14-15,17H,6-11,13H2,(H,20,21,22). The van der Waals surface area contributed by atoms with E-state index in [0.29, 0.717) is 0 Å². The van der Waals surface area contributed by atoms with Crippen LogP contribution >= 0.6 is 0 Å². The third-order valence-corrected chi connectivity index (χ3v) is 4.73. The predicted molar refractivity (Wildman–Crippen MR) is 95.6 cm³/mol. The molecule has 2 heterocycles. The molecule has 0 radical (unpaired) electrons. The van der Waals surface area contributed by atoms with Crippen LogP contribution in [0.25, 0.3) is 0 Å². The van der Waals surface area contributed by atoms with E-state index in [1.165, 1.54) is 12.8 Å². The van der Waals surface area contributed by atoms with Crippen LogP contribution in [-0.4, -0.2) is 35.7 Å². The van der Waals surface area contributed by atoms with E-state index >= 15 is 0 Å². The first-order valence-electron chi connectivity index (χ1n) is 8.89. The van der Waals surface area contributed by atoms with Crippen molar-refractivity contribution >= 4 is 11.6 Å². The third kappa shape index (κ3) is 3.96. The van der Waals surface area contributed by atoms with Crippen LogP contribution in [0, 0.1) is 5.92 Å². The minimum Gasteiger partial charge on any atom is -0.490 e. The van der Waals surface area contributed by atoms with Crippen LogP contribution < -0.4 is 15.0 Å². The van der Waals surface area contributed by atoms with Gasteiger partial charge < -0.3 is 15.0 Å². The molecule has 2 aromatic rings. The molecule has 24 heavy (non-hydrogen) atoms. The fourth-order valence-electron chi connectivity index (χ4n) is 3.08. The van der Waals surface area contributed by atoms with Gasteiger partial charge in [0.1, 0.15) is 29.8 Å². The van der Waals surface area contributed by atoms with Crippen LogP contribution in [0.2, 0.25) is 0 Å². The van der Waals surface area contributed by atoms with Gasteiger partial charge in [0.05, 0.1) is 0 Å². The number of hydrogen-bond acceptors (Lipinski definition) is 5. The first kappa shape index (κ1) is 15.2. The number of benzene rings is 1. The van der Waals surface area contributed by atoms with Gasteiger partial charge in [-0.1, -0.05) is 18.2 Å². The van der Waals surface area contributed by atoms with Gasteiger partial charge in [0, 0.05) is 38.5 Å². The second kappa shape index (κ2) is 7.07. The van der Waals surface area contributed by atoms with Gasteiger partial charge in [0.15, 0.2) is 0 Å². The first-order chi connectivity index (χ1) is 11.9. The zero-order valence-corrected chi connectivity index (χ0v) is 13.9. The summed E-state index contributed by atoms with van der Waals surface area (Å²) >= 11 is 0. The number of aromatic nitrogens is 2. The highest BCUT2D eigenvalue weighted by Gasteiger charge is 2.23. The number of piperidine rings is 1. The van der Waals surface area contributed by atoms with E-state index in [2.05, 4.69) is 26.3 Å². The van der Waals surface area contributed by atoms with Crippen LogP contribution in [0.4, 0.5) is 11.6 Å². The van der Waals surface area contributed by atoms with E-state index in [4.69, 9.17) is 4.74 Å². The fraction of sp³-hybridized carbons (Fsp3) is 0.474. The molecule has 5 heteroatoms. The molecule has 0 spiro atoms. The van der Waals surface area contributed by atoms with Crippen molar-refractivity contribution in [3.63, 3.8) is 0 Å². The van der Waals surface area contributed by atoms with Gasteiger partial charge in [-0.2, -0.15) is 0 Å². The van der Waals surface area contributed by atoms with Crippen molar-refractivity contribution in [2.24, 2.45) is 5.92 Å². The predicted octanol–water partition coefficient (Wildman–Crippen LogP) is 3.35. The summed E-state index contributed by atoms with van der Waals surface area (Å²) in [4.78, 5) is 11.1. The van der Waals surface area contributed by atoms with E-state index < -0.39 is 0 Å². The Morgan fingerprint density at radius 2 is 1.83 bits per heavy atom. The fourth-order valence-corrected chi connectivity index (χ4v) is 3.08. The average molecular weight is 324 g/mol. The van der Waals surface area contributed by atoms with Gasteiger partial charge in [-0.15, -0.1) is 0 Å². The number of para-hydroxylation sites is 1. The lowest BCUT2D eigenvalue weighted by Crippen LogP contribution is -2.38. The summed E-state index contributed by atoms with van der Waals surface area (Å²) < 4.78 is 6.06. The second-order valence-corrected chi connectivity index (χ2v) is 6.70. The second-order valence-electron chi connectivity index (χ2n) is 6.70. The van der Waals surface area contributed by atoms with Crippen LogP contribution in [0.15, 0.2) is 42.7 Å². The van der Waals surface area contributed by atoms with Crippen molar-refractivity contribution < 1.29 is 4.74 Å². The van der Waals surface area contributed by atoms with Gasteiger partial charge in [-0.05, 0) is 30.9 Å². The van der Waals surface area contributed by atoms with Crippen LogP contribution in [0.3, 0.4) is 0 Å². The van der Waals surface area contributed by atoms with E-state index in [-0.39, 0.29) is 6.10 Å². The van der Waals surface area contributed by atoms with Crippen molar-refractivity contribution in [1.82, 2.24) is 9.97 Å². The summed E-state index contributed by atoms with van der Waals surface area (Å²) in [6, 6.07) is 12.2. The molecule has 126 valence electrons. The minimum absolute atomic E-state index is 0.290. The Hall–Kier alpha value is -2.30. The number of hydrogen-bond donors (Lipinski definition) is 1. The molecular formula is C19H24N4O. The molecule has 4 rings (SSSR count). The smallest absolute Gasteiger partial charge is 0.134 e. The maximum absolute atomic E-state index is 6.06. The van der Waals surface area contributed by atoms with Gasteiger partial charge in [-0.25, -0.2) is 9.97 Å². The quantitative estimate of drug-likeness (QED) is 0.883. The number of rotatable bonds is 6. The van der Waals surface area contributed by atoms with Gasteiger partial charge >= 0.3 is 0 Å². The Morgan fingerprint density at radius 1 is 1.04 bits per heavy atom. The molecular weight excluding hydrogens is 300 g/mol. The van der Waals surface area contributed by atoms with Gasteiger partial charge in [-0.3, -0.25) is 0 Å². The lowest BCUT2D eigenvalue weighted by Gasteiger charge is -2.33. The summed E-state index contributed by atoms with van der Waals surface area (Å²) in [5.41, 5.74) is 0. The Balaban J connectivity index is 1.31. The number of anilines is 2. The van der Waals surface area contributed by atoms with E-state index in [0.717, 1.165) is 55.8 Å². The largest absolute Gasteiger partial charge is 0.490 e. The van der Waals surface area contributed by atoms with E-state index in [1.54, 1.807) is 6.33 Å². The molecule has 0 atom stereocenters. The normalized spacial score (nSPS) is 18.4. The average Bonchev–Trinajstić information content (AvgIpc) is 3.46. The zero-order chi connectivity index (χ0) is 16.2. The van der Waals surface area contributed by atoms with Crippen LogP contribution in [-0.2, 0) is 0 Å². The van der Waals surface area contributed by atoms with Crippen molar-refractivity contribution in [1.29, 1.82) is 0 Å². The highest BCUT2D eigenvalue weighted by Crippen LogP contribution is 2.29. The SMILES string of the molecule is c1ccc(OC2CCN(c3cc(NCC4CC4)ncn3)CC2)cc1. The molecule has 0 amide bonds. The Bertz CT molecular complexity index is 651. The molecule has 1 aliphatic heterocycles. The summed E-state index contributed by atoms with van der Waals surface area (Å²) in [7, 11) is 0. The van der Waals surface area contributed by atoms with E-state index in [9.17, 15) is 0 Å². The molecule has 1 aliphatic carbocycles. The molecule has 0 unspecified atom stereocenters. The lowest BCUT2D eigenvalue weighted by atomic mass is 10.1. The van der Waals surface area contributed by atoms with Gasteiger partial charge in [0.2, 0.25) is 0 Å². The highest BCUT2D eigenvalue weighted by molar-refractivity contribution is 5.48. The molecule has 5 nitrogen and oxygen atoms in total. The number of nitrogens with one attached hydrogen (secondary N) is 1. The molecule has 0 bridgehead atoms. The van der Waals surface area contributed by atoms with Crippen molar-refractivity contribution in [3.05, 3.63) is 42.7 Å². The van der Waals surface area contributed by atoms with Crippen molar-refractivity contribution in [2.45, 2.75) is 31.8 Å². The van der Waals surface area contributed by atoms with Crippen molar-refractivity contribution in [3.8, 4) is 5.75 Å². The topological polar surface area (TPSA) is 50.3 Å². The first-order valence-corrected chi connectivity index (χ1v) is 8.89. The number of ether oxygens (including phenoxy) is 1. The molecule has 2 aliphatic rings. The minimum atomic E-state index is 0.290. The lowest BCUT2D eigenvalue weighted by molar-refractivity contribution is 0.170. The molecule has 1 N–H and O–H groups in total. The van der Waals surface area contributed by atoms with E-state index in [1.807, 2.05) is 30.3 Å². The zero-order valence-electron chi connectivity index (χ0n) is 13.9. The maximum Gasteiger partial charge on any atom is 0.134 e. The van der Waals surface area contributed by atoms with Crippen LogP contribution in [0.1, 0.15) is 25.7 Å². The molecule has 2 fully saturated rings. The summed E-state index contributed by atoms with van der Waals surface area (Å²) in [5, 5.41) is 3.43. The van der Waals surface area contributed by atoms with Gasteiger partial charge in [0.25, 0.3) is 0 Å². The third-order valence-electron chi connectivity index (χ3n) is 4.73. The van der Waals surface area contributed by atoms with Crippen LogP contribution in [0.5, 0.6) is 5.75 Å². The Kier molecular flexibility index (Phi) is 4.49. The summed E-state index contributed by atoms with van der Waals surface area (Å²) in [6.07, 6.45) is 6.68. The maximum atomic E-state index is 6.06. The molecule has 1 saturated carbocycles. The molecule has 1 aromatic heterocycles. The Morgan fingerprint density at radius 3 is 2.58 bits per heavy atom. The molecule has 1 saturated heterocycles.